The molecule has 0 aliphatic heterocycles. The van der Waals surface area contributed by atoms with E-state index in [1.54, 1.807) is 0 Å². The van der Waals surface area contributed by atoms with Crippen molar-refractivity contribution in [3.05, 3.63) is 29.8 Å². The Hall–Kier alpha value is -0.890. The number of carbonyl (C=O) groups excluding carboxylic acids is 1. The lowest BCUT2D eigenvalue weighted by Gasteiger charge is -2.22. The molecule has 0 spiro atoms. The van der Waals surface area contributed by atoms with Crippen LogP contribution in [0.2, 0.25) is 0 Å². The molecule has 1 aromatic rings. The smallest absolute Gasteiger partial charge is 0.253 e. The largest absolute Gasteiger partial charge is 0.386 e. The lowest BCUT2D eigenvalue weighted by atomic mass is 10.0. The lowest BCUT2D eigenvalue weighted by Crippen LogP contribution is -2.43. The number of rotatable bonds is 6. The summed E-state index contributed by atoms with van der Waals surface area (Å²) in [6, 6.07) is 4.03. The van der Waals surface area contributed by atoms with Gasteiger partial charge in [0.25, 0.3) is 5.91 Å². The average Bonchev–Trinajstić information content (AvgIpc) is 2.42. The highest BCUT2D eigenvalue weighted by Gasteiger charge is 2.25. The third kappa shape index (κ3) is 5.10. The Labute approximate surface area is 132 Å². The Bertz CT molecular complexity index is 592. The zero-order valence-corrected chi connectivity index (χ0v) is 13.3. The van der Waals surface area contributed by atoms with Gasteiger partial charge in [0, 0.05) is 6.26 Å². The van der Waals surface area contributed by atoms with Crippen LogP contribution in [0.15, 0.2) is 29.2 Å². The average molecular weight is 358 g/mol. The number of benzene rings is 1. The second-order valence-corrected chi connectivity index (χ2v) is 7.47. The van der Waals surface area contributed by atoms with Gasteiger partial charge in [-0.05, 0) is 17.7 Å². The van der Waals surface area contributed by atoms with E-state index in [0.29, 0.717) is 0 Å². The van der Waals surface area contributed by atoms with Gasteiger partial charge in [0.2, 0.25) is 0 Å². The summed E-state index contributed by atoms with van der Waals surface area (Å²) in [5, 5.41) is 12.2. The Kier molecular flexibility index (Phi) is 6.40. The molecule has 118 valence electrons. The van der Waals surface area contributed by atoms with E-state index in [2.05, 4.69) is 5.32 Å². The number of halogens is 3. The third-order valence-electron chi connectivity index (χ3n) is 2.72. The zero-order chi connectivity index (χ0) is 16.2. The van der Waals surface area contributed by atoms with Crippen LogP contribution in [0.5, 0.6) is 0 Å². The summed E-state index contributed by atoms with van der Waals surface area (Å²) in [4.78, 5) is 10.00. The molecule has 0 heterocycles. The van der Waals surface area contributed by atoms with Crippen molar-refractivity contribution in [2.24, 2.45) is 0 Å². The standard InChI is InChI=1S/C12H14Cl2FNO4S/c1-21(19,20)8-4-2-7(3-5-8)10(17)9(6-15)16-12(18)11(13)14/h2-5,9-11,17H,6H2,1H3,(H,16,18). The van der Waals surface area contributed by atoms with E-state index in [9.17, 15) is 22.7 Å². The van der Waals surface area contributed by atoms with Gasteiger partial charge < -0.3 is 10.4 Å². The Balaban J connectivity index is 2.90. The van der Waals surface area contributed by atoms with Crippen LogP contribution in [0.3, 0.4) is 0 Å². The SMILES string of the molecule is CS(=O)(=O)c1ccc(C(O)C(CF)NC(=O)C(Cl)Cl)cc1. The van der Waals surface area contributed by atoms with Gasteiger partial charge in [-0.2, -0.15) is 0 Å². The Morgan fingerprint density at radius 1 is 1.33 bits per heavy atom. The lowest BCUT2D eigenvalue weighted by molar-refractivity contribution is -0.121. The van der Waals surface area contributed by atoms with E-state index in [1.807, 2.05) is 0 Å². The molecule has 0 saturated heterocycles. The van der Waals surface area contributed by atoms with Crippen molar-refractivity contribution in [2.75, 3.05) is 12.9 Å². The van der Waals surface area contributed by atoms with Gasteiger partial charge in [-0.1, -0.05) is 35.3 Å². The van der Waals surface area contributed by atoms with Crippen molar-refractivity contribution in [1.82, 2.24) is 5.32 Å². The molecule has 2 atom stereocenters. The van der Waals surface area contributed by atoms with Crippen molar-refractivity contribution in [3.63, 3.8) is 0 Å². The second kappa shape index (κ2) is 7.40. The van der Waals surface area contributed by atoms with Gasteiger partial charge in [-0.3, -0.25) is 4.79 Å². The Morgan fingerprint density at radius 2 is 1.86 bits per heavy atom. The fraction of sp³-hybridized carbons (Fsp3) is 0.417. The highest BCUT2D eigenvalue weighted by Crippen LogP contribution is 2.20. The summed E-state index contributed by atoms with van der Waals surface area (Å²) in [5.74, 6) is -0.826. The van der Waals surface area contributed by atoms with Crippen molar-refractivity contribution in [3.8, 4) is 0 Å². The molecule has 0 fully saturated rings. The maximum absolute atomic E-state index is 12.9. The van der Waals surface area contributed by atoms with Crippen LogP contribution in [0.1, 0.15) is 11.7 Å². The highest BCUT2D eigenvalue weighted by molar-refractivity contribution is 7.90. The van der Waals surface area contributed by atoms with Crippen molar-refractivity contribution < 1.29 is 22.7 Å². The van der Waals surface area contributed by atoms with Crippen LogP contribution < -0.4 is 5.32 Å². The maximum atomic E-state index is 12.9. The number of carbonyl (C=O) groups is 1. The minimum absolute atomic E-state index is 0.0702. The first kappa shape index (κ1) is 18.2. The van der Waals surface area contributed by atoms with Crippen LogP contribution >= 0.6 is 23.2 Å². The molecule has 2 N–H and O–H groups in total. The summed E-state index contributed by atoms with van der Waals surface area (Å²) in [5.41, 5.74) is 0.256. The second-order valence-electron chi connectivity index (χ2n) is 4.36. The molecule has 1 amide bonds. The molecule has 5 nitrogen and oxygen atoms in total. The first-order valence-electron chi connectivity index (χ1n) is 5.79. The van der Waals surface area contributed by atoms with Gasteiger partial charge in [0.05, 0.1) is 10.9 Å². The van der Waals surface area contributed by atoms with Crippen LogP contribution in [0, 0.1) is 0 Å². The van der Waals surface area contributed by atoms with E-state index < -0.39 is 39.4 Å². The normalized spacial score (nSPS) is 14.8. The predicted molar refractivity (Wildman–Crippen MR) is 77.9 cm³/mol. The highest BCUT2D eigenvalue weighted by atomic mass is 35.5. The predicted octanol–water partition coefficient (Wildman–Crippen LogP) is 1.38. The number of amides is 1. The van der Waals surface area contributed by atoms with Gasteiger partial charge in [0.15, 0.2) is 14.7 Å². The monoisotopic (exact) mass is 357 g/mol. The van der Waals surface area contributed by atoms with Gasteiger partial charge >= 0.3 is 0 Å². The zero-order valence-electron chi connectivity index (χ0n) is 11.0. The number of hydrogen-bond donors (Lipinski definition) is 2. The van der Waals surface area contributed by atoms with Gasteiger partial charge in [0.1, 0.15) is 12.8 Å². The molecule has 0 aromatic heterocycles. The molecule has 9 heteroatoms. The maximum Gasteiger partial charge on any atom is 0.253 e. The molecule has 0 radical (unpaired) electrons. The third-order valence-corrected chi connectivity index (χ3v) is 4.25. The Morgan fingerprint density at radius 3 is 2.24 bits per heavy atom. The molecule has 0 aliphatic carbocycles. The first-order chi connectivity index (χ1) is 9.66. The van der Waals surface area contributed by atoms with Gasteiger partial charge in [-0.25, -0.2) is 12.8 Å². The number of hydrogen-bond acceptors (Lipinski definition) is 4. The van der Waals surface area contributed by atoms with Gasteiger partial charge in [-0.15, -0.1) is 0 Å². The number of aliphatic hydroxyl groups excluding tert-OH is 1. The number of alkyl halides is 3. The summed E-state index contributed by atoms with van der Waals surface area (Å²) in [6.07, 6.45) is -0.316. The molecule has 0 aliphatic rings. The minimum atomic E-state index is -3.36. The van der Waals surface area contributed by atoms with E-state index in [1.165, 1.54) is 24.3 Å². The molecule has 21 heavy (non-hydrogen) atoms. The van der Waals surface area contributed by atoms with Crippen molar-refractivity contribution >= 4 is 38.9 Å². The van der Waals surface area contributed by atoms with Crippen LogP contribution in [-0.4, -0.2) is 43.2 Å². The minimum Gasteiger partial charge on any atom is -0.386 e. The van der Waals surface area contributed by atoms with E-state index in [-0.39, 0.29) is 10.5 Å². The van der Waals surface area contributed by atoms with Crippen LogP contribution in [0.25, 0.3) is 0 Å². The summed E-state index contributed by atoms with van der Waals surface area (Å²) in [6.45, 7) is -1.04. The first-order valence-corrected chi connectivity index (χ1v) is 8.55. The molecule has 1 rings (SSSR count). The topological polar surface area (TPSA) is 83.5 Å². The fourth-order valence-corrected chi connectivity index (χ4v) is 2.35. The quantitative estimate of drug-likeness (QED) is 0.753. The molecular weight excluding hydrogens is 344 g/mol. The number of sulfone groups is 1. The summed E-state index contributed by atoms with van der Waals surface area (Å²) < 4.78 is 35.6. The molecule has 0 bridgehead atoms. The molecule has 1 aromatic carbocycles. The van der Waals surface area contributed by atoms with E-state index in [0.717, 1.165) is 6.26 Å². The van der Waals surface area contributed by atoms with E-state index in [4.69, 9.17) is 23.2 Å². The number of nitrogens with one attached hydrogen (secondary N) is 1. The van der Waals surface area contributed by atoms with E-state index >= 15 is 0 Å². The summed E-state index contributed by atoms with van der Waals surface area (Å²) >= 11 is 10.7. The van der Waals surface area contributed by atoms with Crippen molar-refractivity contribution in [1.29, 1.82) is 0 Å². The number of aliphatic hydroxyl groups is 1. The fourth-order valence-electron chi connectivity index (χ4n) is 1.59. The van der Waals surface area contributed by atoms with Crippen LogP contribution in [-0.2, 0) is 14.6 Å². The van der Waals surface area contributed by atoms with Crippen LogP contribution in [0.4, 0.5) is 4.39 Å². The molecular formula is C12H14Cl2FNO4S. The molecule has 0 saturated carbocycles. The summed E-state index contributed by atoms with van der Waals surface area (Å²) in [7, 11) is -3.36. The van der Waals surface area contributed by atoms with Crippen molar-refractivity contribution in [2.45, 2.75) is 21.9 Å². The molecule has 2 unspecified atom stereocenters.